The monoisotopic (exact) mass is 257 g/mol. The lowest BCUT2D eigenvalue weighted by atomic mass is 10.0. The van der Waals surface area contributed by atoms with Crippen LogP contribution in [0.15, 0.2) is 24.3 Å². The predicted octanol–water partition coefficient (Wildman–Crippen LogP) is 2.65. The fraction of sp³-hybridized carbons (Fsp3) is 0.333. The van der Waals surface area contributed by atoms with Gasteiger partial charge in [-0.25, -0.2) is 0 Å². The van der Waals surface area contributed by atoms with E-state index in [0.717, 1.165) is 16.6 Å². The Kier molecular flexibility index (Phi) is 3.18. The zero-order valence-corrected chi connectivity index (χ0v) is 11.7. The maximum atomic E-state index is 12.4. The number of aryl methyl sites for hydroxylation is 1. The van der Waals surface area contributed by atoms with E-state index < -0.39 is 0 Å². The molecule has 0 radical (unpaired) electrons. The summed E-state index contributed by atoms with van der Waals surface area (Å²) in [4.78, 5) is 16.8. The molecule has 1 aromatic heterocycles. The van der Waals surface area contributed by atoms with Gasteiger partial charge in [-0.3, -0.25) is 9.78 Å². The van der Waals surface area contributed by atoms with E-state index >= 15 is 0 Å². The third-order valence-corrected chi connectivity index (χ3v) is 2.69. The van der Waals surface area contributed by atoms with Crippen molar-refractivity contribution in [3.63, 3.8) is 0 Å². The van der Waals surface area contributed by atoms with Crippen molar-refractivity contribution in [3.05, 3.63) is 35.5 Å². The molecule has 0 atom stereocenters. The van der Waals surface area contributed by atoms with Crippen LogP contribution in [0.3, 0.4) is 0 Å². The molecule has 2 aromatic rings. The van der Waals surface area contributed by atoms with Crippen LogP contribution in [-0.2, 0) is 0 Å². The maximum absolute atomic E-state index is 12.4. The van der Waals surface area contributed by atoms with Gasteiger partial charge in [0.2, 0.25) is 0 Å². The van der Waals surface area contributed by atoms with E-state index in [1.165, 1.54) is 0 Å². The van der Waals surface area contributed by atoms with Gasteiger partial charge in [-0.05, 0) is 52.0 Å². The van der Waals surface area contributed by atoms with Gasteiger partial charge in [0.1, 0.15) is 0 Å². The summed E-state index contributed by atoms with van der Waals surface area (Å²) >= 11 is 0. The van der Waals surface area contributed by atoms with Crippen molar-refractivity contribution in [1.82, 2.24) is 10.3 Å². The van der Waals surface area contributed by atoms with Crippen LogP contribution in [-0.4, -0.2) is 16.4 Å². The van der Waals surface area contributed by atoms with E-state index in [1.54, 1.807) is 18.2 Å². The van der Waals surface area contributed by atoms with Gasteiger partial charge in [-0.1, -0.05) is 0 Å². The summed E-state index contributed by atoms with van der Waals surface area (Å²) in [6.07, 6.45) is 0. The Morgan fingerprint density at radius 3 is 2.58 bits per heavy atom. The number of rotatable bonds is 1. The summed E-state index contributed by atoms with van der Waals surface area (Å²) < 4.78 is 0. The van der Waals surface area contributed by atoms with E-state index in [1.807, 2.05) is 33.8 Å². The molecule has 4 heteroatoms. The second-order valence-electron chi connectivity index (χ2n) is 5.79. The lowest BCUT2D eigenvalue weighted by Crippen LogP contribution is -2.40. The van der Waals surface area contributed by atoms with E-state index in [-0.39, 0.29) is 11.4 Å². The number of benzene rings is 1. The molecule has 0 aliphatic carbocycles. The summed E-state index contributed by atoms with van der Waals surface area (Å²) in [7, 11) is 0. The van der Waals surface area contributed by atoms with Crippen LogP contribution < -0.4 is 11.1 Å². The molecule has 0 aliphatic heterocycles. The number of hydrogen-bond donors (Lipinski definition) is 2. The van der Waals surface area contributed by atoms with Crippen LogP contribution in [0.5, 0.6) is 0 Å². The molecule has 2 rings (SSSR count). The first kappa shape index (κ1) is 13.3. The Bertz CT molecular complexity index is 642. The Balaban J connectivity index is 2.58. The Morgan fingerprint density at radius 2 is 1.95 bits per heavy atom. The van der Waals surface area contributed by atoms with Gasteiger partial charge in [-0.15, -0.1) is 0 Å². The quantitative estimate of drug-likeness (QED) is 0.772. The molecule has 1 heterocycles. The first-order valence-electron chi connectivity index (χ1n) is 6.26. The molecule has 0 aliphatic rings. The molecule has 3 N–H and O–H groups in total. The summed E-state index contributed by atoms with van der Waals surface area (Å²) in [5, 5.41) is 3.75. The summed E-state index contributed by atoms with van der Waals surface area (Å²) in [6, 6.07) is 7.22. The van der Waals surface area contributed by atoms with Gasteiger partial charge in [0.05, 0.1) is 11.1 Å². The third-order valence-electron chi connectivity index (χ3n) is 2.69. The van der Waals surface area contributed by atoms with Crippen LogP contribution in [0.2, 0.25) is 0 Å². The highest BCUT2D eigenvalue weighted by Gasteiger charge is 2.18. The fourth-order valence-electron chi connectivity index (χ4n) is 1.97. The number of nitrogens with two attached hydrogens (primary N) is 1. The number of hydrogen-bond acceptors (Lipinski definition) is 3. The Labute approximate surface area is 113 Å². The number of fused-ring (bicyclic) bond motifs is 1. The van der Waals surface area contributed by atoms with Gasteiger partial charge in [0.25, 0.3) is 5.91 Å². The first-order chi connectivity index (χ1) is 8.76. The standard InChI is InChI=1S/C15H19N3O/c1-9-7-12(14(19)18-15(2,3)4)11-8-10(16)5-6-13(11)17-9/h5-8H,16H2,1-4H3,(H,18,19). The SMILES string of the molecule is Cc1cc(C(=O)NC(C)(C)C)c2cc(N)ccc2n1. The van der Waals surface area contributed by atoms with Gasteiger partial charge in [-0.2, -0.15) is 0 Å². The maximum Gasteiger partial charge on any atom is 0.252 e. The summed E-state index contributed by atoms with van der Waals surface area (Å²) in [6.45, 7) is 7.74. The van der Waals surface area contributed by atoms with Gasteiger partial charge in [0, 0.05) is 22.3 Å². The van der Waals surface area contributed by atoms with Crippen LogP contribution in [0, 0.1) is 6.92 Å². The largest absolute Gasteiger partial charge is 0.399 e. The topological polar surface area (TPSA) is 68.0 Å². The molecular formula is C15H19N3O. The lowest BCUT2D eigenvalue weighted by molar-refractivity contribution is 0.0921. The van der Waals surface area contributed by atoms with E-state index in [4.69, 9.17) is 5.73 Å². The van der Waals surface area contributed by atoms with Crippen LogP contribution in [0.4, 0.5) is 5.69 Å². The zero-order valence-electron chi connectivity index (χ0n) is 11.7. The molecule has 100 valence electrons. The molecule has 0 spiro atoms. The number of carbonyl (C=O) groups excluding carboxylic acids is 1. The molecule has 0 bridgehead atoms. The fourth-order valence-corrected chi connectivity index (χ4v) is 1.97. The van der Waals surface area contributed by atoms with Crippen molar-refractivity contribution in [1.29, 1.82) is 0 Å². The van der Waals surface area contributed by atoms with Gasteiger partial charge < -0.3 is 11.1 Å². The van der Waals surface area contributed by atoms with Crippen molar-refractivity contribution in [2.75, 3.05) is 5.73 Å². The summed E-state index contributed by atoms with van der Waals surface area (Å²) in [5.74, 6) is -0.103. The van der Waals surface area contributed by atoms with E-state index in [0.29, 0.717) is 11.3 Å². The minimum Gasteiger partial charge on any atom is -0.399 e. The van der Waals surface area contributed by atoms with E-state index in [2.05, 4.69) is 10.3 Å². The van der Waals surface area contributed by atoms with Gasteiger partial charge in [0.15, 0.2) is 0 Å². The summed E-state index contributed by atoms with van der Waals surface area (Å²) in [5.41, 5.74) is 8.37. The van der Waals surface area contributed by atoms with Crippen molar-refractivity contribution in [2.45, 2.75) is 33.2 Å². The average molecular weight is 257 g/mol. The molecular weight excluding hydrogens is 238 g/mol. The number of amides is 1. The third kappa shape index (κ3) is 3.02. The van der Waals surface area contributed by atoms with Gasteiger partial charge >= 0.3 is 0 Å². The molecule has 1 aromatic carbocycles. The zero-order chi connectivity index (χ0) is 14.2. The lowest BCUT2D eigenvalue weighted by Gasteiger charge is -2.21. The second-order valence-corrected chi connectivity index (χ2v) is 5.79. The number of anilines is 1. The van der Waals surface area contributed by atoms with Crippen LogP contribution in [0.25, 0.3) is 10.9 Å². The Hall–Kier alpha value is -2.10. The highest BCUT2D eigenvalue weighted by molar-refractivity contribution is 6.07. The molecule has 0 unspecified atom stereocenters. The molecule has 4 nitrogen and oxygen atoms in total. The highest BCUT2D eigenvalue weighted by Crippen LogP contribution is 2.21. The Morgan fingerprint density at radius 1 is 1.26 bits per heavy atom. The minimum atomic E-state index is -0.277. The van der Waals surface area contributed by atoms with Crippen molar-refractivity contribution in [2.24, 2.45) is 0 Å². The molecule has 0 fully saturated rings. The smallest absolute Gasteiger partial charge is 0.252 e. The van der Waals surface area contributed by atoms with Crippen molar-refractivity contribution >= 4 is 22.5 Å². The number of nitrogen functional groups attached to an aromatic ring is 1. The van der Waals surface area contributed by atoms with Crippen LogP contribution >= 0.6 is 0 Å². The normalized spacial score (nSPS) is 11.6. The number of aromatic nitrogens is 1. The highest BCUT2D eigenvalue weighted by atomic mass is 16.1. The first-order valence-corrected chi connectivity index (χ1v) is 6.26. The number of nitrogens with zero attached hydrogens (tertiary/aromatic N) is 1. The number of nitrogens with one attached hydrogen (secondary N) is 1. The predicted molar refractivity (Wildman–Crippen MR) is 78.1 cm³/mol. The average Bonchev–Trinajstić information content (AvgIpc) is 2.26. The van der Waals surface area contributed by atoms with Crippen LogP contribution in [0.1, 0.15) is 36.8 Å². The van der Waals surface area contributed by atoms with E-state index in [9.17, 15) is 4.79 Å². The number of carbonyl (C=O) groups is 1. The second kappa shape index (κ2) is 4.53. The minimum absolute atomic E-state index is 0.103. The van der Waals surface area contributed by atoms with Crippen molar-refractivity contribution < 1.29 is 4.79 Å². The molecule has 0 saturated carbocycles. The number of pyridine rings is 1. The molecule has 0 saturated heterocycles. The van der Waals surface area contributed by atoms with Crippen molar-refractivity contribution in [3.8, 4) is 0 Å². The molecule has 1 amide bonds. The molecule has 19 heavy (non-hydrogen) atoms.